The van der Waals surface area contributed by atoms with Gasteiger partial charge in [0.1, 0.15) is 23.5 Å². The summed E-state index contributed by atoms with van der Waals surface area (Å²) < 4.78 is 0. The van der Waals surface area contributed by atoms with Crippen LogP contribution in [0.3, 0.4) is 0 Å². The van der Waals surface area contributed by atoms with Gasteiger partial charge in [0.25, 0.3) is 0 Å². The molecule has 0 saturated heterocycles. The minimum Gasteiger partial charge on any atom is -0.371 e. The molecule has 1 aromatic carbocycles. The molecule has 0 fully saturated rings. The lowest BCUT2D eigenvalue weighted by Crippen LogP contribution is -2.33. The summed E-state index contributed by atoms with van der Waals surface area (Å²) in [5.74, 6) is 1.06. The van der Waals surface area contributed by atoms with E-state index in [2.05, 4.69) is 24.5 Å². The van der Waals surface area contributed by atoms with E-state index in [1.807, 2.05) is 36.4 Å². The molecule has 4 nitrogen and oxygen atoms in total. The predicted octanol–water partition coefficient (Wildman–Crippen LogP) is 6.41. The number of nitriles is 2. The molecule has 0 unspecified atom stereocenters. The summed E-state index contributed by atoms with van der Waals surface area (Å²) in [6, 6.07) is 11.7. The van der Waals surface area contributed by atoms with Crippen LogP contribution in [-0.2, 0) is 0 Å². The Balaban J connectivity index is 2.56. The van der Waals surface area contributed by atoms with Gasteiger partial charge in [0.15, 0.2) is 0 Å². The average molecular weight is 465 g/mol. The van der Waals surface area contributed by atoms with Crippen LogP contribution in [0.5, 0.6) is 0 Å². The van der Waals surface area contributed by atoms with Crippen molar-refractivity contribution in [1.82, 2.24) is 10.6 Å². The van der Waals surface area contributed by atoms with E-state index in [-0.39, 0.29) is 5.57 Å². The summed E-state index contributed by atoms with van der Waals surface area (Å²) in [4.78, 5) is 0. The number of hydrogen-bond donors (Lipinski definition) is 2. The molecular formula is C30H48N4. The van der Waals surface area contributed by atoms with E-state index >= 15 is 0 Å². The van der Waals surface area contributed by atoms with Gasteiger partial charge in [-0.3, -0.25) is 0 Å². The molecule has 0 atom stereocenters. The number of nitrogens with one attached hydrogen (secondary N) is 2. The van der Waals surface area contributed by atoms with Crippen LogP contribution in [0.25, 0.3) is 11.4 Å². The van der Waals surface area contributed by atoms with E-state index in [0.717, 1.165) is 24.1 Å². The van der Waals surface area contributed by atoms with Crippen molar-refractivity contribution in [3.8, 4) is 12.1 Å². The Labute approximate surface area is 209 Å². The zero-order chi connectivity index (χ0) is 24.7. The lowest BCUT2D eigenvalue weighted by atomic mass is 10.1. The molecule has 0 aliphatic heterocycles. The van der Waals surface area contributed by atoms with Gasteiger partial charge in [0.2, 0.25) is 0 Å². The molecule has 0 aliphatic carbocycles. The number of nitrogens with zero attached hydrogens (tertiary/aromatic N) is 2. The van der Waals surface area contributed by atoms with E-state index in [9.17, 15) is 0 Å². The smallest absolute Gasteiger partial charge is 0.136 e. The molecule has 0 heterocycles. The second kappa shape index (κ2) is 21.1. The molecule has 1 aromatic rings. The van der Waals surface area contributed by atoms with Crippen LogP contribution in [0.4, 0.5) is 0 Å². The first kappa shape index (κ1) is 29.6. The van der Waals surface area contributed by atoms with Gasteiger partial charge >= 0.3 is 0 Å². The maximum Gasteiger partial charge on any atom is 0.136 e. The van der Waals surface area contributed by atoms with Gasteiger partial charge in [-0.15, -0.1) is 0 Å². The molecule has 4 heteroatoms. The molecule has 0 saturated carbocycles. The number of hydrogen-bond acceptors (Lipinski definition) is 4. The third-order valence-corrected chi connectivity index (χ3v) is 6.35. The molecule has 2 N–H and O–H groups in total. The molecule has 34 heavy (non-hydrogen) atoms. The standard InChI is InChI=1S/C30H48N4/c1-3-5-7-9-11-13-15-17-23-33-30(34-24-18-16-14-12-10-8-6-4-2)28-21-19-27(20-22-28)29(25-31)26-32/h19-22,33-34H,3-18,23-24H2,1-2H3. The molecule has 0 aliphatic rings. The van der Waals surface area contributed by atoms with Crippen molar-refractivity contribution in [3.05, 3.63) is 34.7 Å². The highest BCUT2D eigenvalue weighted by molar-refractivity contribution is 5.72. The Hall–Kier alpha value is -2.46. The predicted molar refractivity (Wildman–Crippen MR) is 145 cm³/mol. The van der Waals surface area contributed by atoms with E-state index in [1.165, 1.54) is 103 Å². The summed E-state index contributed by atoms with van der Waals surface area (Å²) in [5.41, 5.74) is 0.159. The number of benzene rings is 1. The summed E-state index contributed by atoms with van der Waals surface area (Å²) in [6.45, 7) is 6.45. The maximum atomic E-state index is 9.11. The molecule has 0 radical (unpaired) electrons. The van der Waals surface area contributed by atoms with Gasteiger partial charge in [0.05, 0.1) is 0 Å². The SMILES string of the molecule is CCCCCCCCCCNC(NCCCCCCCCCC)=c1ccc(=C(C#N)C#N)cc1. The van der Waals surface area contributed by atoms with Gasteiger partial charge in [-0.2, -0.15) is 10.5 Å². The third-order valence-electron chi connectivity index (χ3n) is 6.35. The second-order valence-electron chi connectivity index (χ2n) is 9.35. The van der Waals surface area contributed by atoms with Crippen LogP contribution in [0, 0.1) is 22.7 Å². The molecule has 188 valence electrons. The first-order chi connectivity index (χ1) is 16.8. The molecule has 0 bridgehead atoms. The molecular weight excluding hydrogens is 416 g/mol. The van der Waals surface area contributed by atoms with Gasteiger partial charge in [-0.1, -0.05) is 128 Å². The van der Waals surface area contributed by atoms with Gasteiger partial charge in [-0.25, -0.2) is 0 Å². The van der Waals surface area contributed by atoms with Gasteiger partial charge in [-0.05, 0) is 12.8 Å². The monoisotopic (exact) mass is 464 g/mol. The fourth-order valence-corrected chi connectivity index (χ4v) is 4.17. The van der Waals surface area contributed by atoms with E-state index in [1.54, 1.807) is 0 Å². The summed E-state index contributed by atoms with van der Waals surface area (Å²) in [7, 11) is 0. The Morgan fingerprint density at radius 3 is 1.29 bits per heavy atom. The van der Waals surface area contributed by atoms with Crippen molar-refractivity contribution in [2.75, 3.05) is 13.1 Å². The van der Waals surface area contributed by atoms with Crippen molar-refractivity contribution < 1.29 is 0 Å². The lowest BCUT2D eigenvalue weighted by molar-refractivity contribution is 0.561. The number of unbranched alkanes of at least 4 members (excludes halogenated alkanes) is 14. The van der Waals surface area contributed by atoms with Gasteiger partial charge in [0, 0.05) is 23.5 Å². The van der Waals surface area contributed by atoms with Crippen LogP contribution in [0.2, 0.25) is 0 Å². The van der Waals surface area contributed by atoms with Crippen molar-refractivity contribution >= 4 is 11.4 Å². The van der Waals surface area contributed by atoms with Crippen LogP contribution >= 0.6 is 0 Å². The Kier molecular flexibility index (Phi) is 18.4. The minimum absolute atomic E-state index is 0.159. The fraction of sp³-hybridized carbons (Fsp3) is 0.667. The minimum atomic E-state index is 0.159. The maximum absolute atomic E-state index is 9.11. The van der Waals surface area contributed by atoms with Crippen LogP contribution in [0.1, 0.15) is 117 Å². The van der Waals surface area contributed by atoms with Crippen LogP contribution in [-0.4, -0.2) is 13.1 Å². The van der Waals surface area contributed by atoms with Crippen molar-refractivity contribution in [3.63, 3.8) is 0 Å². The topological polar surface area (TPSA) is 71.6 Å². The summed E-state index contributed by atoms with van der Waals surface area (Å²) in [6.07, 6.45) is 21.1. The largest absolute Gasteiger partial charge is 0.371 e. The van der Waals surface area contributed by atoms with Crippen molar-refractivity contribution in [1.29, 1.82) is 10.5 Å². The third kappa shape index (κ3) is 13.9. The lowest BCUT2D eigenvalue weighted by Gasteiger charge is -2.14. The molecule has 1 rings (SSSR count). The Morgan fingerprint density at radius 2 is 0.912 bits per heavy atom. The average Bonchev–Trinajstić information content (AvgIpc) is 2.86. The van der Waals surface area contributed by atoms with E-state index in [0.29, 0.717) is 5.22 Å². The quantitative estimate of drug-likeness (QED) is 0.219. The summed E-state index contributed by atoms with van der Waals surface area (Å²) >= 11 is 0. The summed E-state index contributed by atoms with van der Waals surface area (Å²) in [5, 5.41) is 27.2. The second-order valence-corrected chi connectivity index (χ2v) is 9.35. The number of rotatable bonds is 20. The van der Waals surface area contributed by atoms with Crippen molar-refractivity contribution in [2.45, 2.75) is 117 Å². The highest BCUT2D eigenvalue weighted by Gasteiger charge is 2.00. The molecule has 0 amide bonds. The Morgan fingerprint density at radius 1 is 0.559 bits per heavy atom. The van der Waals surface area contributed by atoms with E-state index < -0.39 is 0 Å². The van der Waals surface area contributed by atoms with Crippen LogP contribution < -0.4 is 21.1 Å². The zero-order valence-corrected chi connectivity index (χ0v) is 21.9. The highest BCUT2D eigenvalue weighted by atomic mass is 15.1. The highest BCUT2D eigenvalue weighted by Crippen LogP contribution is 2.09. The fourth-order valence-electron chi connectivity index (χ4n) is 4.17. The molecule has 0 aromatic heterocycles. The zero-order valence-electron chi connectivity index (χ0n) is 21.9. The van der Waals surface area contributed by atoms with E-state index in [4.69, 9.17) is 10.5 Å². The van der Waals surface area contributed by atoms with Crippen molar-refractivity contribution in [2.24, 2.45) is 0 Å². The van der Waals surface area contributed by atoms with Gasteiger partial charge < -0.3 is 10.6 Å². The Bertz CT molecular complexity index is 781. The first-order valence-electron chi connectivity index (χ1n) is 13.9. The first-order valence-corrected chi connectivity index (χ1v) is 13.9. The molecule has 0 spiro atoms. The normalized spacial score (nSPS) is 10.4. The van der Waals surface area contributed by atoms with Crippen LogP contribution in [0.15, 0.2) is 24.3 Å².